The van der Waals surface area contributed by atoms with Crippen LogP contribution in [0.3, 0.4) is 0 Å². The average Bonchev–Trinajstić information content (AvgIpc) is 3.40. The molecule has 1 amide bonds. The molecule has 0 saturated carbocycles. The molecular weight excluding hydrogens is 446 g/mol. The summed E-state index contributed by atoms with van der Waals surface area (Å²) in [7, 11) is -1.95. The number of hydrogen-bond donors (Lipinski definition) is 1. The minimum Gasteiger partial charge on any atom is -0.326 e. The van der Waals surface area contributed by atoms with Gasteiger partial charge in [-0.15, -0.1) is 21.5 Å². The van der Waals surface area contributed by atoms with Crippen LogP contribution >= 0.6 is 11.3 Å². The summed E-state index contributed by atoms with van der Waals surface area (Å²) in [6, 6.07) is 10.9. The fraction of sp³-hybridized carbons (Fsp3) is 0.409. The lowest BCUT2D eigenvalue weighted by atomic mass is 10.1. The molecule has 170 valence electrons. The van der Waals surface area contributed by atoms with E-state index in [2.05, 4.69) is 20.1 Å². The summed E-state index contributed by atoms with van der Waals surface area (Å²) in [6.07, 6.45) is 5.06. The Morgan fingerprint density at radius 3 is 2.88 bits per heavy atom. The second-order valence-corrected chi connectivity index (χ2v) is 11.1. The van der Waals surface area contributed by atoms with Crippen molar-refractivity contribution in [1.29, 1.82) is 0 Å². The number of hydrogen-bond acceptors (Lipinski definition) is 6. The Kier molecular flexibility index (Phi) is 7.02. The molecule has 32 heavy (non-hydrogen) atoms. The van der Waals surface area contributed by atoms with Gasteiger partial charge < -0.3 is 9.88 Å². The van der Waals surface area contributed by atoms with Crippen molar-refractivity contribution in [1.82, 2.24) is 19.1 Å². The summed E-state index contributed by atoms with van der Waals surface area (Å²) in [5.41, 5.74) is 1.61. The first kappa shape index (κ1) is 22.6. The molecule has 0 aliphatic carbocycles. The lowest BCUT2D eigenvalue weighted by Gasteiger charge is -2.15. The van der Waals surface area contributed by atoms with Crippen LogP contribution in [-0.2, 0) is 27.8 Å². The molecule has 0 unspecified atom stereocenters. The molecule has 10 heteroatoms. The zero-order valence-electron chi connectivity index (χ0n) is 18.0. The third kappa shape index (κ3) is 5.08. The maximum Gasteiger partial charge on any atom is 0.252 e. The predicted octanol–water partition coefficient (Wildman–Crippen LogP) is 3.77. The minimum atomic E-state index is -3.49. The number of fused-ring (bicyclic) bond motifs is 1. The SMILES string of the molecule is CN(CCCC(=O)Nc1cccc(-c2nnc3n2CCCCC3)c1)S(=O)(=O)c1cccs1. The number of anilines is 1. The second-order valence-electron chi connectivity index (χ2n) is 7.89. The van der Waals surface area contributed by atoms with Crippen molar-refractivity contribution in [2.24, 2.45) is 0 Å². The van der Waals surface area contributed by atoms with Gasteiger partial charge in [0.2, 0.25) is 5.91 Å². The van der Waals surface area contributed by atoms with E-state index < -0.39 is 10.0 Å². The fourth-order valence-corrected chi connectivity index (χ4v) is 6.21. The number of nitrogens with one attached hydrogen (secondary N) is 1. The van der Waals surface area contributed by atoms with Crippen LogP contribution in [0.5, 0.6) is 0 Å². The average molecular weight is 474 g/mol. The minimum absolute atomic E-state index is 0.149. The largest absolute Gasteiger partial charge is 0.326 e. The maximum absolute atomic E-state index is 12.5. The standard InChI is InChI=1S/C22H27N5O3S2/c1-26(32(29,30)21-12-7-15-31-21)13-6-11-20(28)23-18-9-5-8-17(16-18)22-25-24-19-10-3-2-4-14-27(19)22/h5,7-9,12,15-16H,2-4,6,10-11,13-14H2,1H3,(H,23,28). The van der Waals surface area contributed by atoms with Gasteiger partial charge >= 0.3 is 0 Å². The van der Waals surface area contributed by atoms with Crippen molar-refractivity contribution in [3.05, 3.63) is 47.6 Å². The first-order valence-electron chi connectivity index (χ1n) is 10.8. The number of aryl methyl sites for hydroxylation is 1. The first-order valence-corrected chi connectivity index (χ1v) is 13.1. The Morgan fingerprint density at radius 2 is 2.06 bits per heavy atom. The van der Waals surface area contributed by atoms with Gasteiger partial charge in [0.25, 0.3) is 10.0 Å². The van der Waals surface area contributed by atoms with Gasteiger partial charge in [0.15, 0.2) is 5.82 Å². The van der Waals surface area contributed by atoms with E-state index >= 15 is 0 Å². The number of carbonyl (C=O) groups excluding carboxylic acids is 1. The summed E-state index contributed by atoms with van der Waals surface area (Å²) < 4.78 is 28.7. The Balaban J connectivity index is 1.34. The van der Waals surface area contributed by atoms with Crippen molar-refractivity contribution >= 4 is 33.0 Å². The van der Waals surface area contributed by atoms with Gasteiger partial charge in [-0.2, -0.15) is 0 Å². The van der Waals surface area contributed by atoms with Gasteiger partial charge in [-0.25, -0.2) is 12.7 Å². The molecule has 0 fully saturated rings. The van der Waals surface area contributed by atoms with Gasteiger partial charge in [0, 0.05) is 44.2 Å². The molecule has 0 radical (unpaired) electrons. The van der Waals surface area contributed by atoms with E-state index in [1.165, 1.54) is 29.1 Å². The molecule has 0 saturated heterocycles. The molecule has 2 aromatic heterocycles. The van der Waals surface area contributed by atoms with Gasteiger partial charge in [-0.1, -0.05) is 24.6 Å². The van der Waals surface area contributed by atoms with E-state index in [0.717, 1.165) is 43.0 Å². The lowest BCUT2D eigenvalue weighted by molar-refractivity contribution is -0.116. The summed E-state index contributed by atoms with van der Waals surface area (Å²) in [5.74, 6) is 1.70. The van der Waals surface area contributed by atoms with Crippen LogP contribution < -0.4 is 5.32 Å². The van der Waals surface area contributed by atoms with Crippen LogP contribution in [0.15, 0.2) is 46.0 Å². The quantitative estimate of drug-likeness (QED) is 0.537. The number of carbonyl (C=O) groups is 1. The van der Waals surface area contributed by atoms with E-state index in [1.807, 2.05) is 24.3 Å². The zero-order chi connectivity index (χ0) is 22.6. The topological polar surface area (TPSA) is 97.2 Å². The zero-order valence-corrected chi connectivity index (χ0v) is 19.7. The van der Waals surface area contributed by atoms with Gasteiger partial charge in [0.05, 0.1) is 0 Å². The van der Waals surface area contributed by atoms with Crippen molar-refractivity contribution in [2.45, 2.75) is 49.3 Å². The number of benzene rings is 1. The van der Waals surface area contributed by atoms with Crippen LogP contribution in [0.25, 0.3) is 11.4 Å². The third-order valence-corrected chi connectivity index (χ3v) is 8.78. The smallest absolute Gasteiger partial charge is 0.252 e. The van der Waals surface area contributed by atoms with Gasteiger partial charge in [-0.3, -0.25) is 4.79 Å². The molecular formula is C22H27N5O3S2. The molecule has 1 N–H and O–H groups in total. The van der Waals surface area contributed by atoms with Gasteiger partial charge in [-0.05, 0) is 42.8 Å². The molecule has 0 atom stereocenters. The van der Waals surface area contributed by atoms with Crippen LogP contribution in [0.4, 0.5) is 5.69 Å². The Morgan fingerprint density at radius 1 is 1.19 bits per heavy atom. The highest BCUT2D eigenvalue weighted by Gasteiger charge is 2.21. The lowest BCUT2D eigenvalue weighted by Crippen LogP contribution is -2.28. The molecule has 0 spiro atoms. The summed E-state index contributed by atoms with van der Waals surface area (Å²) in [5, 5.41) is 13.4. The molecule has 1 aliphatic rings. The number of amides is 1. The van der Waals surface area contributed by atoms with Crippen molar-refractivity contribution in [3.8, 4) is 11.4 Å². The molecule has 3 heterocycles. The summed E-state index contributed by atoms with van der Waals surface area (Å²) >= 11 is 1.19. The molecule has 1 aromatic carbocycles. The van der Waals surface area contributed by atoms with Crippen LogP contribution in [0.2, 0.25) is 0 Å². The fourth-order valence-electron chi connectivity index (χ4n) is 3.80. The highest BCUT2D eigenvalue weighted by Crippen LogP contribution is 2.25. The van der Waals surface area contributed by atoms with Crippen LogP contribution in [0, 0.1) is 0 Å². The molecule has 1 aliphatic heterocycles. The van der Waals surface area contributed by atoms with Crippen LogP contribution in [0.1, 0.15) is 37.9 Å². The molecule has 4 rings (SSSR count). The number of nitrogens with zero attached hydrogens (tertiary/aromatic N) is 4. The number of aromatic nitrogens is 3. The molecule has 3 aromatic rings. The van der Waals surface area contributed by atoms with E-state index in [1.54, 1.807) is 17.5 Å². The van der Waals surface area contributed by atoms with E-state index in [0.29, 0.717) is 16.3 Å². The van der Waals surface area contributed by atoms with Gasteiger partial charge in [0.1, 0.15) is 10.0 Å². The number of rotatable bonds is 8. The molecule has 8 nitrogen and oxygen atoms in total. The highest BCUT2D eigenvalue weighted by atomic mass is 32.2. The van der Waals surface area contributed by atoms with Crippen molar-refractivity contribution in [3.63, 3.8) is 0 Å². The Hall–Kier alpha value is -2.56. The Labute approximate surface area is 192 Å². The predicted molar refractivity (Wildman–Crippen MR) is 125 cm³/mol. The monoisotopic (exact) mass is 473 g/mol. The van der Waals surface area contributed by atoms with Crippen molar-refractivity contribution in [2.75, 3.05) is 18.9 Å². The van der Waals surface area contributed by atoms with Crippen molar-refractivity contribution < 1.29 is 13.2 Å². The second kappa shape index (κ2) is 9.93. The number of thiophene rings is 1. The normalized spacial score (nSPS) is 14.2. The van der Waals surface area contributed by atoms with Crippen LogP contribution in [-0.4, -0.2) is 47.0 Å². The first-order chi connectivity index (χ1) is 15.4. The maximum atomic E-state index is 12.5. The Bertz CT molecular complexity index is 1170. The van der Waals surface area contributed by atoms with E-state index in [-0.39, 0.29) is 18.9 Å². The number of sulfonamides is 1. The highest BCUT2D eigenvalue weighted by molar-refractivity contribution is 7.91. The van der Waals surface area contributed by atoms with E-state index in [9.17, 15) is 13.2 Å². The molecule has 0 bridgehead atoms. The van der Waals surface area contributed by atoms with E-state index in [4.69, 9.17) is 0 Å². The summed E-state index contributed by atoms with van der Waals surface area (Å²) in [6.45, 7) is 1.19. The summed E-state index contributed by atoms with van der Waals surface area (Å²) in [4.78, 5) is 12.4. The third-order valence-electron chi connectivity index (χ3n) is 5.55.